The van der Waals surface area contributed by atoms with E-state index in [-0.39, 0.29) is 12.2 Å². The number of benzene rings is 1. The van der Waals surface area contributed by atoms with Crippen molar-refractivity contribution in [3.05, 3.63) is 27.7 Å². The molecule has 1 rings (SSSR count). The molecule has 0 bridgehead atoms. The first-order valence-corrected chi connectivity index (χ1v) is 7.09. The fourth-order valence-corrected chi connectivity index (χ4v) is 2.26. The quantitative estimate of drug-likeness (QED) is 0.814. The number of halogens is 1. The van der Waals surface area contributed by atoms with E-state index in [1.54, 1.807) is 6.92 Å². The average molecular weight is 330 g/mol. The maximum Gasteiger partial charge on any atom is 0.323 e. The van der Waals surface area contributed by atoms with Crippen LogP contribution in [0.5, 0.6) is 5.75 Å². The number of nitrogens with two attached hydrogens (primary N) is 1. The standard InChI is InChI=1S/C14H20BrNO3/c1-4-19-14(18)12(16)7-10-5-9(8(2)3)6-11(15)13(10)17/h5-6,8,12,17H,4,7,16H2,1-3H3. The van der Waals surface area contributed by atoms with E-state index in [1.807, 2.05) is 12.1 Å². The molecule has 106 valence electrons. The third kappa shape index (κ3) is 4.21. The smallest absolute Gasteiger partial charge is 0.323 e. The van der Waals surface area contributed by atoms with Crippen LogP contribution in [0.15, 0.2) is 16.6 Å². The van der Waals surface area contributed by atoms with Crippen molar-refractivity contribution >= 4 is 21.9 Å². The largest absolute Gasteiger partial charge is 0.506 e. The first kappa shape index (κ1) is 16.0. The number of carbonyl (C=O) groups excluding carboxylic acids is 1. The van der Waals surface area contributed by atoms with E-state index in [0.29, 0.717) is 22.6 Å². The lowest BCUT2D eigenvalue weighted by atomic mass is 9.97. The van der Waals surface area contributed by atoms with Gasteiger partial charge in [-0.1, -0.05) is 19.9 Å². The summed E-state index contributed by atoms with van der Waals surface area (Å²) in [6.07, 6.45) is 0.254. The van der Waals surface area contributed by atoms with Gasteiger partial charge in [-0.05, 0) is 46.0 Å². The Kier molecular flexibility index (Phi) is 5.82. The zero-order valence-corrected chi connectivity index (χ0v) is 13.0. The Morgan fingerprint density at radius 1 is 1.47 bits per heavy atom. The zero-order chi connectivity index (χ0) is 14.6. The lowest BCUT2D eigenvalue weighted by Gasteiger charge is -2.15. The molecule has 1 atom stereocenters. The van der Waals surface area contributed by atoms with Crippen LogP contribution < -0.4 is 5.73 Å². The summed E-state index contributed by atoms with van der Waals surface area (Å²) in [6.45, 7) is 6.16. The summed E-state index contributed by atoms with van der Waals surface area (Å²) in [5, 5.41) is 10.0. The fourth-order valence-electron chi connectivity index (χ4n) is 1.74. The summed E-state index contributed by atoms with van der Waals surface area (Å²) in [4.78, 5) is 11.5. The predicted octanol–water partition coefficient (Wildman–Crippen LogP) is 2.71. The number of rotatable bonds is 5. The van der Waals surface area contributed by atoms with Gasteiger partial charge in [-0.15, -0.1) is 0 Å². The number of phenolic OH excluding ortho intramolecular Hbond substituents is 1. The molecule has 0 saturated heterocycles. The van der Waals surface area contributed by atoms with Crippen molar-refractivity contribution < 1.29 is 14.6 Å². The lowest BCUT2D eigenvalue weighted by Crippen LogP contribution is -2.34. The maximum absolute atomic E-state index is 11.5. The molecule has 0 saturated carbocycles. The molecule has 0 aliphatic rings. The van der Waals surface area contributed by atoms with Crippen LogP contribution in [0.2, 0.25) is 0 Å². The number of carbonyl (C=O) groups is 1. The van der Waals surface area contributed by atoms with Gasteiger partial charge in [0.25, 0.3) is 0 Å². The molecule has 0 aromatic heterocycles. The van der Waals surface area contributed by atoms with Crippen LogP contribution in [0.4, 0.5) is 0 Å². The second kappa shape index (κ2) is 6.91. The summed E-state index contributed by atoms with van der Waals surface area (Å²) < 4.78 is 5.48. The molecule has 0 aliphatic heterocycles. The van der Waals surface area contributed by atoms with Crippen LogP contribution in [-0.4, -0.2) is 23.7 Å². The Bertz CT molecular complexity index is 460. The van der Waals surface area contributed by atoms with Crippen LogP contribution in [0.3, 0.4) is 0 Å². The molecule has 4 nitrogen and oxygen atoms in total. The van der Waals surface area contributed by atoms with E-state index >= 15 is 0 Å². The highest BCUT2D eigenvalue weighted by Crippen LogP contribution is 2.32. The van der Waals surface area contributed by atoms with Crippen LogP contribution in [0, 0.1) is 0 Å². The van der Waals surface area contributed by atoms with E-state index in [0.717, 1.165) is 5.56 Å². The molecule has 1 unspecified atom stereocenters. The molecule has 0 spiro atoms. The fraction of sp³-hybridized carbons (Fsp3) is 0.500. The Morgan fingerprint density at radius 3 is 2.63 bits per heavy atom. The number of hydrogen-bond donors (Lipinski definition) is 2. The highest BCUT2D eigenvalue weighted by Gasteiger charge is 2.19. The first-order valence-electron chi connectivity index (χ1n) is 6.30. The van der Waals surface area contributed by atoms with Crippen molar-refractivity contribution in [2.45, 2.75) is 39.2 Å². The molecule has 0 heterocycles. The normalized spacial score (nSPS) is 12.5. The number of esters is 1. The summed E-state index contributed by atoms with van der Waals surface area (Å²) in [5.41, 5.74) is 7.51. The van der Waals surface area contributed by atoms with E-state index < -0.39 is 12.0 Å². The Hall–Kier alpha value is -1.07. The van der Waals surface area contributed by atoms with Crippen LogP contribution in [0.25, 0.3) is 0 Å². The van der Waals surface area contributed by atoms with Crippen molar-refractivity contribution in [1.82, 2.24) is 0 Å². The molecule has 3 N–H and O–H groups in total. The van der Waals surface area contributed by atoms with Crippen molar-refractivity contribution in [3.8, 4) is 5.75 Å². The topological polar surface area (TPSA) is 72.5 Å². The number of ether oxygens (including phenoxy) is 1. The summed E-state index contributed by atoms with van der Waals surface area (Å²) in [6, 6.07) is 2.99. The van der Waals surface area contributed by atoms with Crippen LogP contribution in [0.1, 0.15) is 37.8 Å². The molecular weight excluding hydrogens is 310 g/mol. The van der Waals surface area contributed by atoms with Gasteiger partial charge in [-0.25, -0.2) is 0 Å². The lowest BCUT2D eigenvalue weighted by molar-refractivity contribution is -0.144. The highest BCUT2D eigenvalue weighted by molar-refractivity contribution is 9.10. The SMILES string of the molecule is CCOC(=O)C(N)Cc1cc(C(C)C)cc(Br)c1O. The van der Waals surface area contributed by atoms with E-state index in [4.69, 9.17) is 10.5 Å². The zero-order valence-electron chi connectivity index (χ0n) is 11.4. The van der Waals surface area contributed by atoms with Crippen LogP contribution in [-0.2, 0) is 16.0 Å². The van der Waals surface area contributed by atoms with Gasteiger partial charge in [-0.2, -0.15) is 0 Å². The third-order valence-electron chi connectivity index (χ3n) is 2.86. The average Bonchev–Trinajstić information content (AvgIpc) is 2.34. The first-order chi connectivity index (χ1) is 8.86. The summed E-state index contributed by atoms with van der Waals surface area (Å²) >= 11 is 3.32. The second-order valence-electron chi connectivity index (χ2n) is 4.73. The monoisotopic (exact) mass is 329 g/mol. The molecule has 5 heteroatoms. The third-order valence-corrected chi connectivity index (χ3v) is 3.47. The molecule has 19 heavy (non-hydrogen) atoms. The number of aromatic hydroxyl groups is 1. The van der Waals surface area contributed by atoms with E-state index in [1.165, 1.54) is 0 Å². The van der Waals surface area contributed by atoms with Crippen LogP contribution >= 0.6 is 15.9 Å². The van der Waals surface area contributed by atoms with Gasteiger partial charge in [0.1, 0.15) is 11.8 Å². The van der Waals surface area contributed by atoms with E-state index in [9.17, 15) is 9.90 Å². The minimum Gasteiger partial charge on any atom is -0.506 e. The molecule has 1 aromatic rings. The number of phenols is 1. The van der Waals surface area contributed by atoms with Gasteiger partial charge >= 0.3 is 5.97 Å². The molecule has 0 fully saturated rings. The van der Waals surface area contributed by atoms with Crippen molar-refractivity contribution in [2.75, 3.05) is 6.61 Å². The predicted molar refractivity (Wildman–Crippen MR) is 78.2 cm³/mol. The maximum atomic E-state index is 11.5. The molecule has 0 amide bonds. The summed E-state index contributed by atoms with van der Waals surface area (Å²) in [5.74, 6) is 0.00610. The molecular formula is C14H20BrNO3. The van der Waals surface area contributed by atoms with E-state index in [2.05, 4.69) is 29.8 Å². The minimum atomic E-state index is -0.764. The molecule has 0 radical (unpaired) electrons. The Balaban J connectivity index is 2.97. The van der Waals surface area contributed by atoms with Gasteiger partial charge in [0.05, 0.1) is 11.1 Å². The Labute approximate surface area is 122 Å². The van der Waals surface area contributed by atoms with Gasteiger partial charge in [0.15, 0.2) is 0 Å². The minimum absolute atomic E-state index is 0.129. The second-order valence-corrected chi connectivity index (χ2v) is 5.58. The molecule has 0 aliphatic carbocycles. The van der Waals surface area contributed by atoms with Crippen molar-refractivity contribution in [1.29, 1.82) is 0 Å². The highest BCUT2D eigenvalue weighted by atomic mass is 79.9. The molecule has 1 aromatic carbocycles. The number of hydrogen-bond acceptors (Lipinski definition) is 4. The van der Waals surface area contributed by atoms with Gasteiger partial charge < -0.3 is 15.6 Å². The van der Waals surface area contributed by atoms with Gasteiger partial charge in [0, 0.05) is 6.42 Å². The van der Waals surface area contributed by atoms with Crippen molar-refractivity contribution in [2.24, 2.45) is 5.73 Å². The summed E-state index contributed by atoms with van der Waals surface area (Å²) in [7, 11) is 0. The van der Waals surface area contributed by atoms with Crippen molar-refractivity contribution in [3.63, 3.8) is 0 Å². The van der Waals surface area contributed by atoms with Gasteiger partial charge in [-0.3, -0.25) is 4.79 Å². The Morgan fingerprint density at radius 2 is 2.11 bits per heavy atom. The van der Waals surface area contributed by atoms with Gasteiger partial charge in [0.2, 0.25) is 0 Å².